The molecule has 0 saturated heterocycles. The van der Waals surface area contributed by atoms with Crippen LogP contribution in [0, 0.1) is 17.3 Å². The lowest BCUT2D eigenvalue weighted by atomic mass is 9.61. The van der Waals surface area contributed by atoms with Crippen LogP contribution in [-0.2, 0) is 0 Å². The maximum atomic E-state index is 10.6. The normalized spacial score (nSPS) is 38.1. The fourth-order valence-corrected chi connectivity index (χ4v) is 2.99. The van der Waals surface area contributed by atoms with E-state index in [1.807, 2.05) is 0 Å². The molecule has 2 saturated carbocycles. The first-order chi connectivity index (χ1) is 6.74. The second-order valence-electron chi connectivity index (χ2n) is 4.43. The molecule has 2 amide bonds. The molecule has 0 aromatic rings. The third-order valence-electron chi connectivity index (χ3n) is 3.78. The molecule has 0 aliphatic heterocycles. The summed E-state index contributed by atoms with van der Waals surface area (Å²) in [6.07, 6.45) is 8.07. The molecular weight excluding hydrogens is 178 g/mol. The Kier molecular flexibility index (Phi) is 1.36. The predicted octanol–water partition coefficient (Wildman–Crippen LogP) is 0.997. The van der Waals surface area contributed by atoms with E-state index in [1.54, 1.807) is 0 Å². The Morgan fingerprint density at radius 3 is 3.07 bits per heavy atom. The molecule has 3 rings (SSSR count). The number of amides is 2. The summed E-state index contributed by atoms with van der Waals surface area (Å²) in [5.74, 6) is 1.24. The summed E-state index contributed by atoms with van der Waals surface area (Å²) in [4.78, 5) is 10.6. The molecule has 1 spiro atoms. The van der Waals surface area contributed by atoms with Crippen molar-refractivity contribution in [3.63, 3.8) is 0 Å². The first kappa shape index (κ1) is 8.03. The van der Waals surface area contributed by atoms with Crippen LogP contribution in [0.25, 0.3) is 0 Å². The summed E-state index contributed by atoms with van der Waals surface area (Å²) in [6.45, 7) is 0. The molecule has 0 aromatic carbocycles. The molecule has 0 aromatic heterocycles. The summed E-state index contributed by atoms with van der Waals surface area (Å²) in [6, 6.07) is -0.571. The van der Waals surface area contributed by atoms with Gasteiger partial charge in [-0.05, 0) is 25.2 Å². The van der Waals surface area contributed by atoms with E-state index in [9.17, 15) is 4.79 Å². The molecule has 0 heterocycles. The minimum Gasteiger partial charge on any atom is -0.350 e. The van der Waals surface area contributed by atoms with E-state index in [1.165, 1.54) is 19.3 Å². The average Bonchev–Trinajstić information content (AvgIpc) is 2.84. The highest BCUT2D eigenvalue weighted by Gasteiger charge is 2.66. The van der Waals surface area contributed by atoms with Gasteiger partial charge in [-0.25, -0.2) is 10.2 Å². The zero-order chi connectivity index (χ0) is 9.76. The van der Waals surface area contributed by atoms with Crippen molar-refractivity contribution in [2.24, 2.45) is 28.1 Å². The van der Waals surface area contributed by atoms with E-state index in [0.717, 1.165) is 11.6 Å². The van der Waals surface area contributed by atoms with Crippen LogP contribution in [0.4, 0.5) is 4.79 Å². The Hall–Kier alpha value is -1.32. The van der Waals surface area contributed by atoms with Crippen molar-refractivity contribution >= 4 is 11.7 Å². The molecular formula is C10H13N3O. The molecule has 3 aliphatic carbocycles. The molecule has 14 heavy (non-hydrogen) atoms. The van der Waals surface area contributed by atoms with Gasteiger partial charge in [0.2, 0.25) is 0 Å². The molecule has 4 nitrogen and oxygen atoms in total. The lowest BCUT2D eigenvalue weighted by Crippen LogP contribution is -2.48. The van der Waals surface area contributed by atoms with Crippen molar-refractivity contribution in [3.05, 3.63) is 12.2 Å². The minimum absolute atomic E-state index is 0.344. The number of hydrogen-bond acceptors (Lipinski definition) is 2. The van der Waals surface area contributed by atoms with Gasteiger partial charge in [0.05, 0.1) is 5.71 Å². The van der Waals surface area contributed by atoms with Gasteiger partial charge in [0.1, 0.15) is 0 Å². The van der Waals surface area contributed by atoms with E-state index in [-0.39, 0.29) is 0 Å². The number of nitrogens with one attached hydrogen (secondary N) is 1. The number of carbonyl (C=O) groups excluding carboxylic acids is 1. The second-order valence-corrected chi connectivity index (χ2v) is 4.43. The van der Waals surface area contributed by atoms with Gasteiger partial charge in [0.15, 0.2) is 0 Å². The maximum Gasteiger partial charge on any atom is 0.332 e. The van der Waals surface area contributed by atoms with Crippen LogP contribution < -0.4 is 11.2 Å². The lowest BCUT2D eigenvalue weighted by molar-refractivity contribution is 0.247. The van der Waals surface area contributed by atoms with Gasteiger partial charge in [-0.2, -0.15) is 5.10 Å². The second kappa shape index (κ2) is 2.38. The number of rotatable bonds is 1. The van der Waals surface area contributed by atoms with Gasteiger partial charge < -0.3 is 5.73 Å². The fourth-order valence-electron chi connectivity index (χ4n) is 2.99. The summed E-state index contributed by atoms with van der Waals surface area (Å²) in [5, 5.41) is 4.13. The Morgan fingerprint density at radius 1 is 1.64 bits per heavy atom. The van der Waals surface area contributed by atoms with Crippen molar-refractivity contribution in [1.82, 2.24) is 5.43 Å². The first-order valence-electron chi connectivity index (χ1n) is 5.04. The third kappa shape index (κ3) is 0.832. The van der Waals surface area contributed by atoms with Crippen molar-refractivity contribution < 1.29 is 4.79 Å². The highest BCUT2D eigenvalue weighted by atomic mass is 16.2. The number of urea groups is 1. The standard InChI is InChI=1S/C10H13N3O/c11-9(14)13-12-8-6-2-1-3-7(6)10(8)4-5-10/h1-2,6-7H,3-5H2,(H3,11,13,14)/b12-8-. The van der Waals surface area contributed by atoms with Crippen LogP contribution in [0.5, 0.6) is 0 Å². The molecule has 74 valence electrons. The Labute approximate surface area is 82.2 Å². The van der Waals surface area contributed by atoms with Crippen LogP contribution in [-0.4, -0.2) is 11.7 Å². The number of carbonyl (C=O) groups is 1. The van der Waals surface area contributed by atoms with Crippen LogP contribution in [0.3, 0.4) is 0 Å². The van der Waals surface area contributed by atoms with Gasteiger partial charge in [0, 0.05) is 11.3 Å². The predicted molar refractivity (Wildman–Crippen MR) is 52.6 cm³/mol. The first-order valence-corrected chi connectivity index (χ1v) is 5.04. The molecule has 2 fully saturated rings. The zero-order valence-corrected chi connectivity index (χ0v) is 7.86. The molecule has 2 atom stereocenters. The average molecular weight is 191 g/mol. The fraction of sp³-hybridized carbons (Fsp3) is 0.600. The van der Waals surface area contributed by atoms with Crippen LogP contribution in [0.2, 0.25) is 0 Å². The maximum absolute atomic E-state index is 10.6. The molecule has 3 N–H and O–H groups in total. The van der Waals surface area contributed by atoms with Crippen LogP contribution in [0.1, 0.15) is 19.3 Å². The minimum atomic E-state index is -0.571. The Morgan fingerprint density at radius 2 is 2.43 bits per heavy atom. The Bertz CT molecular complexity index is 354. The smallest absolute Gasteiger partial charge is 0.332 e. The number of nitrogens with zero attached hydrogens (tertiary/aromatic N) is 1. The highest BCUT2D eigenvalue weighted by molar-refractivity contribution is 6.03. The SMILES string of the molecule is NC(=O)N/N=C1/C2C=CCC2C12CC2. The molecule has 0 radical (unpaired) electrons. The van der Waals surface area contributed by atoms with E-state index in [4.69, 9.17) is 5.73 Å². The van der Waals surface area contributed by atoms with Gasteiger partial charge >= 0.3 is 6.03 Å². The highest BCUT2D eigenvalue weighted by Crippen LogP contribution is 2.68. The number of hydrazone groups is 1. The van der Waals surface area contributed by atoms with Crippen molar-refractivity contribution in [1.29, 1.82) is 0 Å². The summed E-state index contributed by atoms with van der Waals surface area (Å²) < 4.78 is 0. The number of fused-ring (bicyclic) bond motifs is 2. The van der Waals surface area contributed by atoms with E-state index >= 15 is 0 Å². The number of primary amides is 1. The molecule has 2 unspecified atom stereocenters. The summed E-state index contributed by atoms with van der Waals surface area (Å²) in [5.41, 5.74) is 8.83. The number of hydrogen-bond donors (Lipinski definition) is 2. The summed E-state index contributed by atoms with van der Waals surface area (Å²) >= 11 is 0. The van der Waals surface area contributed by atoms with E-state index in [2.05, 4.69) is 22.7 Å². The van der Waals surface area contributed by atoms with Gasteiger partial charge in [-0.15, -0.1) is 0 Å². The monoisotopic (exact) mass is 191 g/mol. The van der Waals surface area contributed by atoms with Crippen molar-refractivity contribution in [3.8, 4) is 0 Å². The van der Waals surface area contributed by atoms with Crippen molar-refractivity contribution in [2.45, 2.75) is 19.3 Å². The molecule has 0 bridgehead atoms. The zero-order valence-electron chi connectivity index (χ0n) is 7.86. The van der Waals surface area contributed by atoms with Crippen LogP contribution in [0.15, 0.2) is 17.3 Å². The van der Waals surface area contributed by atoms with E-state index in [0.29, 0.717) is 11.3 Å². The van der Waals surface area contributed by atoms with Gasteiger partial charge in [0.25, 0.3) is 0 Å². The molecule has 3 aliphatic rings. The third-order valence-corrected chi connectivity index (χ3v) is 3.78. The van der Waals surface area contributed by atoms with Crippen LogP contribution >= 0.6 is 0 Å². The number of nitrogens with two attached hydrogens (primary N) is 1. The van der Waals surface area contributed by atoms with Gasteiger partial charge in [-0.1, -0.05) is 12.2 Å². The number of allylic oxidation sites excluding steroid dienone is 2. The Balaban J connectivity index is 1.82. The van der Waals surface area contributed by atoms with Crippen molar-refractivity contribution in [2.75, 3.05) is 0 Å². The molecule has 4 heteroatoms. The topological polar surface area (TPSA) is 67.5 Å². The lowest BCUT2D eigenvalue weighted by Gasteiger charge is -2.42. The largest absolute Gasteiger partial charge is 0.350 e. The quantitative estimate of drug-likeness (QED) is 0.471. The summed E-state index contributed by atoms with van der Waals surface area (Å²) in [7, 11) is 0. The van der Waals surface area contributed by atoms with E-state index < -0.39 is 6.03 Å². The van der Waals surface area contributed by atoms with Gasteiger partial charge in [-0.3, -0.25) is 0 Å².